The van der Waals surface area contributed by atoms with Gasteiger partial charge in [0.15, 0.2) is 0 Å². The highest BCUT2D eigenvalue weighted by atomic mass is 35.5. The van der Waals surface area contributed by atoms with Crippen LogP contribution >= 0.6 is 23.2 Å². The van der Waals surface area contributed by atoms with Gasteiger partial charge in [-0.05, 0) is 49.9 Å². The smallest absolute Gasteiger partial charge is 0.0595 e. The van der Waals surface area contributed by atoms with Crippen molar-refractivity contribution in [3.63, 3.8) is 0 Å². The molecule has 112 valence electrons. The van der Waals surface area contributed by atoms with Gasteiger partial charge in [-0.1, -0.05) is 58.6 Å². The zero-order valence-corrected chi connectivity index (χ0v) is 13.8. The van der Waals surface area contributed by atoms with Gasteiger partial charge in [0.2, 0.25) is 0 Å². The van der Waals surface area contributed by atoms with Crippen molar-refractivity contribution in [1.29, 1.82) is 0 Å². The summed E-state index contributed by atoms with van der Waals surface area (Å²) in [6.07, 6.45) is 1.68. The van der Waals surface area contributed by atoms with Gasteiger partial charge >= 0.3 is 0 Å². The van der Waals surface area contributed by atoms with E-state index in [1.807, 2.05) is 18.2 Å². The van der Waals surface area contributed by atoms with Gasteiger partial charge in [0.05, 0.1) is 10.0 Å². The van der Waals surface area contributed by atoms with Crippen LogP contribution in [0.4, 0.5) is 0 Å². The topological polar surface area (TPSA) is 38.0 Å². The molecule has 0 aliphatic rings. The van der Waals surface area contributed by atoms with Crippen LogP contribution in [0, 0.1) is 13.8 Å². The molecule has 0 fully saturated rings. The van der Waals surface area contributed by atoms with E-state index in [-0.39, 0.29) is 6.04 Å². The van der Waals surface area contributed by atoms with E-state index in [2.05, 4.69) is 37.5 Å². The number of halogens is 2. The predicted octanol–water partition coefficient (Wildman–Crippen LogP) is 4.23. The summed E-state index contributed by atoms with van der Waals surface area (Å²) in [6, 6.07) is 12.4. The number of nitrogens with one attached hydrogen (secondary N) is 1. The summed E-state index contributed by atoms with van der Waals surface area (Å²) in [5.74, 6) is 5.70. The second-order valence-electron chi connectivity index (χ2n) is 5.52. The summed E-state index contributed by atoms with van der Waals surface area (Å²) < 4.78 is 0. The number of rotatable bonds is 5. The Balaban J connectivity index is 2.10. The van der Waals surface area contributed by atoms with Crippen LogP contribution in [-0.4, -0.2) is 6.04 Å². The van der Waals surface area contributed by atoms with Gasteiger partial charge in [0.25, 0.3) is 0 Å². The predicted molar refractivity (Wildman–Crippen MR) is 90.9 cm³/mol. The van der Waals surface area contributed by atoms with E-state index >= 15 is 0 Å². The summed E-state index contributed by atoms with van der Waals surface area (Å²) in [6.45, 7) is 4.22. The molecule has 1 unspecified atom stereocenters. The summed E-state index contributed by atoms with van der Waals surface area (Å²) in [4.78, 5) is 0. The molecule has 3 N–H and O–H groups in total. The Morgan fingerprint density at radius 1 is 0.905 bits per heavy atom. The van der Waals surface area contributed by atoms with Gasteiger partial charge in [-0.15, -0.1) is 0 Å². The molecule has 2 aromatic carbocycles. The third-order valence-electron chi connectivity index (χ3n) is 3.47. The van der Waals surface area contributed by atoms with E-state index in [1.54, 1.807) is 0 Å². The van der Waals surface area contributed by atoms with Gasteiger partial charge in [-0.3, -0.25) is 11.3 Å². The summed E-state index contributed by atoms with van der Waals surface area (Å²) in [7, 11) is 0. The molecule has 0 radical (unpaired) electrons. The maximum atomic E-state index is 6.06. The Morgan fingerprint density at radius 2 is 1.52 bits per heavy atom. The van der Waals surface area contributed by atoms with E-state index in [9.17, 15) is 0 Å². The van der Waals surface area contributed by atoms with E-state index in [0.29, 0.717) is 10.0 Å². The number of benzene rings is 2. The van der Waals surface area contributed by atoms with Crippen LogP contribution in [-0.2, 0) is 12.8 Å². The number of hydrogen-bond donors (Lipinski definition) is 2. The lowest BCUT2D eigenvalue weighted by Crippen LogP contribution is -2.38. The van der Waals surface area contributed by atoms with Crippen LogP contribution in [0.3, 0.4) is 0 Å². The molecule has 0 aliphatic carbocycles. The number of hydrazine groups is 1. The average Bonchev–Trinajstić information content (AvgIpc) is 2.41. The fraction of sp³-hybridized carbons (Fsp3) is 0.294. The zero-order valence-electron chi connectivity index (χ0n) is 12.3. The highest BCUT2D eigenvalue weighted by Gasteiger charge is 2.11. The zero-order chi connectivity index (χ0) is 15.4. The van der Waals surface area contributed by atoms with Gasteiger partial charge < -0.3 is 0 Å². The first-order valence-corrected chi connectivity index (χ1v) is 7.70. The van der Waals surface area contributed by atoms with E-state index < -0.39 is 0 Å². The van der Waals surface area contributed by atoms with Gasteiger partial charge in [0, 0.05) is 6.04 Å². The van der Waals surface area contributed by atoms with Crippen LogP contribution in [0.2, 0.25) is 10.0 Å². The first-order chi connectivity index (χ1) is 9.97. The molecule has 21 heavy (non-hydrogen) atoms. The summed E-state index contributed by atoms with van der Waals surface area (Å²) in [5, 5.41) is 1.16. The van der Waals surface area contributed by atoms with Crippen molar-refractivity contribution in [2.24, 2.45) is 5.84 Å². The lowest BCUT2D eigenvalue weighted by atomic mass is 9.97. The average molecular weight is 323 g/mol. The maximum absolute atomic E-state index is 6.06. The van der Waals surface area contributed by atoms with Crippen molar-refractivity contribution >= 4 is 23.2 Å². The standard InChI is InChI=1S/C17H20Cl2N2/c1-11-5-12(2)7-14(6-11)9-15(21-20)8-13-3-4-16(18)17(19)10-13/h3-7,10,15,21H,8-9,20H2,1-2H3. The van der Waals surface area contributed by atoms with Crippen molar-refractivity contribution < 1.29 is 0 Å². The molecular weight excluding hydrogens is 303 g/mol. The Kier molecular flexibility index (Phi) is 5.65. The quantitative estimate of drug-likeness (QED) is 0.638. The van der Waals surface area contributed by atoms with Crippen molar-refractivity contribution in [3.05, 3.63) is 68.7 Å². The van der Waals surface area contributed by atoms with Gasteiger partial charge in [-0.25, -0.2) is 0 Å². The first-order valence-electron chi connectivity index (χ1n) is 6.95. The second kappa shape index (κ2) is 7.28. The Morgan fingerprint density at radius 3 is 2.10 bits per heavy atom. The molecule has 0 saturated carbocycles. The number of aryl methyl sites for hydroxylation is 2. The minimum absolute atomic E-state index is 0.156. The molecule has 1 atom stereocenters. The second-order valence-corrected chi connectivity index (χ2v) is 6.33. The van der Waals surface area contributed by atoms with Crippen molar-refractivity contribution in [3.8, 4) is 0 Å². The van der Waals surface area contributed by atoms with Gasteiger partial charge in [0.1, 0.15) is 0 Å². The summed E-state index contributed by atoms with van der Waals surface area (Å²) in [5.41, 5.74) is 7.85. The van der Waals surface area contributed by atoms with E-state index in [0.717, 1.165) is 18.4 Å². The maximum Gasteiger partial charge on any atom is 0.0595 e. The fourth-order valence-corrected chi connectivity index (χ4v) is 2.93. The van der Waals surface area contributed by atoms with Crippen LogP contribution in [0.1, 0.15) is 22.3 Å². The van der Waals surface area contributed by atoms with Crippen LogP contribution in [0.5, 0.6) is 0 Å². The Labute approximate surface area is 136 Å². The number of nitrogens with two attached hydrogens (primary N) is 1. The fourth-order valence-electron chi connectivity index (χ4n) is 2.61. The van der Waals surface area contributed by atoms with Crippen LogP contribution in [0.25, 0.3) is 0 Å². The molecule has 2 nitrogen and oxygen atoms in total. The Bertz CT molecular complexity index is 606. The highest BCUT2D eigenvalue weighted by Crippen LogP contribution is 2.23. The molecule has 2 rings (SSSR count). The largest absolute Gasteiger partial charge is 0.271 e. The SMILES string of the molecule is Cc1cc(C)cc(CC(Cc2ccc(Cl)c(Cl)c2)NN)c1. The lowest BCUT2D eigenvalue weighted by Gasteiger charge is -2.17. The molecule has 0 aliphatic heterocycles. The molecular formula is C17H20Cl2N2. The minimum atomic E-state index is 0.156. The monoisotopic (exact) mass is 322 g/mol. The summed E-state index contributed by atoms with van der Waals surface area (Å²) >= 11 is 12.0. The molecule has 0 aromatic heterocycles. The molecule has 0 saturated heterocycles. The first kappa shape index (κ1) is 16.3. The van der Waals surface area contributed by atoms with Crippen LogP contribution in [0.15, 0.2) is 36.4 Å². The molecule has 0 heterocycles. The minimum Gasteiger partial charge on any atom is -0.271 e. The number of hydrogen-bond acceptors (Lipinski definition) is 2. The molecule has 0 spiro atoms. The molecule has 2 aromatic rings. The molecule has 0 bridgehead atoms. The van der Waals surface area contributed by atoms with Gasteiger partial charge in [-0.2, -0.15) is 0 Å². The highest BCUT2D eigenvalue weighted by molar-refractivity contribution is 6.42. The lowest BCUT2D eigenvalue weighted by molar-refractivity contribution is 0.522. The van der Waals surface area contributed by atoms with Crippen molar-refractivity contribution in [2.45, 2.75) is 32.7 Å². The van der Waals surface area contributed by atoms with Crippen molar-refractivity contribution in [2.75, 3.05) is 0 Å². The van der Waals surface area contributed by atoms with Crippen LogP contribution < -0.4 is 11.3 Å². The third kappa shape index (κ3) is 4.72. The molecule has 4 heteroatoms. The van der Waals surface area contributed by atoms with E-state index in [4.69, 9.17) is 29.0 Å². The third-order valence-corrected chi connectivity index (χ3v) is 4.20. The molecule has 0 amide bonds. The Hall–Kier alpha value is -1.06. The normalized spacial score (nSPS) is 12.4. The van der Waals surface area contributed by atoms with E-state index in [1.165, 1.54) is 16.7 Å². The van der Waals surface area contributed by atoms with Crippen molar-refractivity contribution in [1.82, 2.24) is 5.43 Å².